The summed E-state index contributed by atoms with van der Waals surface area (Å²) in [6.07, 6.45) is -2.92. The van der Waals surface area contributed by atoms with Crippen molar-refractivity contribution in [3.05, 3.63) is 248 Å². The van der Waals surface area contributed by atoms with Crippen LogP contribution in [-0.4, -0.2) is 49.1 Å². The Kier molecular flexibility index (Phi) is 11.4. The standard InChI is InChI=1S/C48H42N2O8S/c1-59(53,54)58-43-41(34-55-47(35-20-8-2-9-21-35,36-22-10-3-11-23-36)37-24-12-4-13-25-37)56-45(50-33-32-42(51)49-46(50)52)44(43)57-48(38-26-14-5-15-27-38,39-28-16-6-17-29-39)40-30-18-7-19-31-40/h2-33,41,43-45H,34H2,1H3,(H,49,51,52)/t41-,43+,44-,45+/m1/s1. The largest absolute Gasteiger partial charge is 0.358 e. The Hall–Kier alpha value is -6.21. The number of H-pyrrole nitrogens is 1. The Morgan fingerprint density at radius 2 is 0.932 bits per heavy atom. The van der Waals surface area contributed by atoms with Crippen molar-refractivity contribution < 1.29 is 26.8 Å². The van der Waals surface area contributed by atoms with E-state index in [1.807, 2.05) is 182 Å². The number of ether oxygens (including phenoxy) is 3. The predicted octanol–water partition coefficient (Wildman–Crippen LogP) is 7.16. The summed E-state index contributed by atoms with van der Waals surface area (Å²) >= 11 is 0. The van der Waals surface area contributed by atoms with E-state index in [2.05, 4.69) is 4.98 Å². The minimum Gasteiger partial charge on any atom is -0.358 e. The molecule has 298 valence electrons. The molecular weight excluding hydrogens is 765 g/mol. The van der Waals surface area contributed by atoms with Crippen LogP contribution in [0.25, 0.3) is 0 Å². The van der Waals surface area contributed by atoms with Gasteiger partial charge >= 0.3 is 5.69 Å². The van der Waals surface area contributed by atoms with E-state index in [4.69, 9.17) is 18.4 Å². The smallest absolute Gasteiger partial charge is 0.330 e. The van der Waals surface area contributed by atoms with Crippen LogP contribution in [0.5, 0.6) is 0 Å². The van der Waals surface area contributed by atoms with Gasteiger partial charge < -0.3 is 14.2 Å². The van der Waals surface area contributed by atoms with Gasteiger partial charge in [0.1, 0.15) is 29.5 Å². The average Bonchev–Trinajstić information content (AvgIpc) is 3.59. The predicted molar refractivity (Wildman–Crippen MR) is 224 cm³/mol. The maximum atomic E-state index is 13.7. The van der Waals surface area contributed by atoms with E-state index in [1.165, 1.54) is 16.8 Å². The molecule has 8 rings (SSSR count). The van der Waals surface area contributed by atoms with Crippen molar-refractivity contribution in [2.75, 3.05) is 12.9 Å². The van der Waals surface area contributed by atoms with Crippen molar-refractivity contribution in [2.24, 2.45) is 0 Å². The number of aromatic amines is 1. The highest BCUT2D eigenvalue weighted by Crippen LogP contribution is 2.47. The van der Waals surface area contributed by atoms with Crippen LogP contribution >= 0.6 is 0 Å². The lowest BCUT2D eigenvalue weighted by Gasteiger charge is -2.40. The van der Waals surface area contributed by atoms with Gasteiger partial charge in [-0.3, -0.25) is 18.5 Å². The first kappa shape index (κ1) is 39.6. The van der Waals surface area contributed by atoms with E-state index >= 15 is 0 Å². The zero-order chi connectivity index (χ0) is 40.9. The molecule has 1 aliphatic rings. The maximum absolute atomic E-state index is 13.7. The quantitative estimate of drug-likeness (QED) is 0.0907. The van der Waals surface area contributed by atoms with E-state index in [-0.39, 0.29) is 6.61 Å². The molecule has 1 fully saturated rings. The van der Waals surface area contributed by atoms with Gasteiger partial charge in [0.15, 0.2) is 6.23 Å². The lowest BCUT2D eigenvalue weighted by Crippen LogP contribution is -2.47. The van der Waals surface area contributed by atoms with E-state index in [0.717, 1.165) is 39.6 Å². The number of hydrogen-bond acceptors (Lipinski definition) is 8. The normalized spacial score (nSPS) is 18.4. The number of aromatic nitrogens is 2. The first-order chi connectivity index (χ1) is 28.7. The SMILES string of the molecule is CS(=O)(=O)O[C@@H]1[C@@H](OC(c2ccccc2)(c2ccccc2)c2ccccc2)[C@@H](n2ccc(=O)[nH]c2=O)O[C@@H]1COC(c1ccccc1)(c1ccccc1)c1ccccc1. The summed E-state index contributed by atoms with van der Waals surface area (Å²) in [5.74, 6) is 0. The highest BCUT2D eigenvalue weighted by atomic mass is 32.2. The summed E-state index contributed by atoms with van der Waals surface area (Å²) in [6.45, 7) is -0.234. The monoisotopic (exact) mass is 806 g/mol. The molecule has 59 heavy (non-hydrogen) atoms. The summed E-state index contributed by atoms with van der Waals surface area (Å²) < 4.78 is 55.4. The van der Waals surface area contributed by atoms with Gasteiger partial charge in [-0.1, -0.05) is 182 Å². The Labute approximate surface area is 342 Å². The van der Waals surface area contributed by atoms with Crippen LogP contribution in [-0.2, 0) is 39.7 Å². The molecule has 1 saturated heterocycles. The summed E-state index contributed by atoms with van der Waals surface area (Å²) in [4.78, 5) is 28.4. The molecule has 0 bridgehead atoms. The fraction of sp³-hybridized carbons (Fsp3) is 0.167. The molecular formula is C48H42N2O8S. The van der Waals surface area contributed by atoms with E-state index in [9.17, 15) is 18.0 Å². The highest BCUT2D eigenvalue weighted by Gasteiger charge is 2.54. The molecule has 11 heteroatoms. The average molecular weight is 807 g/mol. The van der Waals surface area contributed by atoms with E-state index < -0.39 is 57.1 Å². The maximum Gasteiger partial charge on any atom is 0.330 e. The molecule has 2 heterocycles. The Morgan fingerprint density at radius 1 is 0.559 bits per heavy atom. The highest BCUT2D eigenvalue weighted by molar-refractivity contribution is 7.86. The molecule has 0 radical (unpaired) electrons. The third-order valence-corrected chi connectivity index (χ3v) is 11.1. The number of nitrogens with zero attached hydrogens (tertiary/aromatic N) is 1. The molecule has 1 aromatic heterocycles. The molecule has 4 atom stereocenters. The molecule has 0 unspecified atom stereocenters. The lowest BCUT2D eigenvalue weighted by molar-refractivity contribution is -0.123. The molecule has 0 amide bonds. The van der Waals surface area contributed by atoms with Gasteiger partial charge in [0.2, 0.25) is 0 Å². The first-order valence-corrected chi connectivity index (χ1v) is 21.0. The van der Waals surface area contributed by atoms with Crippen molar-refractivity contribution in [1.29, 1.82) is 0 Å². The van der Waals surface area contributed by atoms with Crippen LogP contribution in [0.2, 0.25) is 0 Å². The molecule has 1 N–H and O–H groups in total. The third-order valence-electron chi connectivity index (χ3n) is 10.6. The lowest BCUT2D eigenvalue weighted by atomic mass is 9.79. The molecule has 10 nitrogen and oxygen atoms in total. The van der Waals surface area contributed by atoms with Crippen molar-refractivity contribution in [3.8, 4) is 0 Å². The fourth-order valence-electron chi connectivity index (χ4n) is 8.04. The van der Waals surface area contributed by atoms with Gasteiger partial charge in [-0.25, -0.2) is 4.79 Å². The second-order valence-corrected chi connectivity index (χ2v) is 15.9. The van der Waals surface area contributed by atoms with Crippen LogP contribution < -0.4 is 11.2 Å². The van der Waals surface area contributed by atoms with Crippen molar-refractivity contribution >= 4 is 10.1 Å². The third kappa shape index (κ3) is 7.99. The van der Waals surface area contributed by atoms with Crippen LogP contribution in [0.4, 0.5) is 0 Å². The second-order valence-electron chi connectivity index (χ2n) is 14.3. The van der Waals surface area contributed by atoms with Crippen LogP contribution in [0.1, 0.15) is 39.6 Å². The van der Waals surface area contributed by atoms with Gasteiger partial charge in [0.25, 0.3) is 15.7 Å². The number of benzene rings is 6. The summed E-state index contributed by atoms with van der Waals surface area (Å²) in [5, 5.41) is 0. The molecule has 0 saturated carbocycles. The van der Waals surface area contributed by atoms with Crippen LogP contribution in [0, 0.1) is 0 Å². The summed E-state index contributed by atoms with van der Waals surface area (Å²) in [7, 11) is -4.22. The topological polar surface area (TPSA) is 126 Å². The van der Waals surface area contributed by atoms with Crippen molar-refractivity contribution in [3.63, 3.8) is 0 Å². The number of rotatable bonds is 14. The van der Waals surface area contributed by atoms with Crippen molar-refractivity contribution in [1.82, 2.24) is 9.55 Å². The zero-order valence-corrected chi connectivity index (χ0v) is 32.9. The Bertz CT molecular complexity index is 2490. The van der Waals surface area contributed by atoms with Gasteiger partial charge in [-0.05, 0) is 33.4 Å². The minimum atomic E-state index is -4.22. The summed E-state index contributed by atoms with van der Waals surface area (Å²) in [5.41, 5.74) is 0.586. The molecule has 6 aromatic carbocycles. The van der Waals surface area contributed by atoms with Crippen LogP contribution in [0.3, 0.4) is 0 Å². The molecule has 0 aliphatic carbocycles. The van der Waals surface area contributed by atoms with E-state index in [0.29, 0.717) is 0 Å². The molecule has 0 spiro atoms. The van der Waals surface area contributed by atoms with Crippen LogP contribution in [0.15, 0.2) is 204 Å². The second kappa shape index (κ2) is 16.9. The number of nitrogens with one attached hydrogen (secondary N) is 1. The summed E-state index contributed by atoms with van der Waals surface area (Å²) in [6, 6.07) is 59.0. The zero-order valence-electron chi connectivity index (χ0n) is 32.1. The Balaban J connectivity index is 1.33. The van der Waals surface area contributed by atoms with Crippen molar-refractivity contribution in [2.45, 2.75) is 35.7 Å². The van der Waals surface area contributed by atoms with E-state index in [1.54, 1.807) is 0 Å². The Morgan fingerprint density at radius 3 is 1.29 bits per heavy atom. The first-order valence-electron chi connectivity index (χ1n) is 19.2. The van der Waals surface area contributed by atoms with Gasteiger partial charge in [0.05, 0.1) is 12.9 Å². The fourth-order valence-corrected chi connectivity index (χ4v) is 8.68. The minimum absolute atomic E-state index is 0.234. The van der Waals surface area contributed by atoms with Gasteiger partial charge in [-0.15, -0.1) is 0 Å². The number of hydrogen-bond donors (Lipinski definition) is 1. The molecule has 1 aliphatic heterocycles. The van der Waals surface area contributed by atoms with Gasteiger partial charge in [-0.2, -0.15) is 8.42 Å². The van der Waals surface area contributed by atoms with Gasteiger partial charge in [0, 0.05) is 12.3 Å². The molecule has 7 aromatic rings.